The number of carbonyl (C=O) groups is 1. The van der Waals surface area contributed by atoms with Gasteiger partial charge in [0.25, 0.3) is 0 Å². The van der Waals surface area contributed by atoms with Crippen LogP contribution in [0.5, 0.6) is 0 Å². The van der Waals surface area contributed by atoms with Crippen molar-refractivity contribution in [3.05, 3.63) is 0 Å². The van der Waals surface area contributed by atoms with E-state index >= 15 is 0 Å². The number of rotatable bonds is 7. The van der Waals surface area contributed by atoms with Crippen LogP contribution in [0.4, 0.5) is 13.2 Å². The summed E-state index contributed by atoms with van der Waals surface area (Å²) in [5.41, 5.74) is 1.38. The first kappa shape index (κ1) is 15.6. The first-order chi connectivity index (χ1) is 7.35. The quantitative estimate of drug-likeness (QED) is 0.685. The van der Waals surface area contributed by atoms with Crippen LogP contribution in [0, 0.1) is 0 Å². The van der Waals surface area contributed by atoms with E-state index < -0.39 is 5.51 Å². The molecule has 96 valence electrons. The fraction of sp³-hybridized carbons (Fsp3) is 0.889. The predicted molar refractivity (Wildman–Crippen MR) is 59.0 cm³/mol. The van der Waals surface area contributed by atoms with Crippen molar-refractivity contribution in [3.8, 4) is 0 Å². The molecule has 0 rings (SSSR count). The van der Waals surface area contributed by atoms with Gasteiger partial charge in [0.05, 0.1) is 0 Å². The highest BCUT2D eigenvalue weighted by atomic mass is 32.2. The van der Waals surface area contributed by atoms with Gasteiger partial charge >= 0.3 is 5.51 Å². The van der Waals surface area contributed by atoms with Crippen LogP contribution < -0.4 is 11.1 Å². The van der Waals surface area contributed by atoms with Crippen LogP contribution in [0.25, 0.3) is 0 Å². The molecule has 0 aliphatic carbocycles. The third-order valence-electron chi connectivity index (χ3n) is 1.80. The Morgan fingerprint density at radius 3 is 2.62 bits per heavy atom. The van der Waals surface area contributed by atoms with E-state index in [1.807, 2.05) is 6.92 Å². The van der Waals surface area contributed by atoms with Gasteiger partial charge in [0, 0.05) is 24.8 Å². The monoisotopic (exact) mass is 258 g/mol. The van der Waals surface area contributed by atoms with Crippen LogP contribution >= 0.6 is 11.8 Å². The number of hydrogen-bond donors (Lipinski definition) is 2. The molecule has 0 aromatic carbocycles. The van der Waals surface area contributed by atoms with Crippen molar-refractivity contribution in [2.75, 3.05) is 12.3 Å². The second-order valence-electron chi connectivity index (χ2n) is 3.40. The molecule has 1 atom stereocenters. The third kappa shape index (κ3) is 10.1. The molecule has 1 amide bonds. The molecule has 16 heavy (non-hydrogen) atoms. The summed E-state index contributed by atoms with van der Waals surface area (Å²) >= 11 is -0.141. The molecule has 0 bridgehead atoms. The van der Waals surface area contributed by atoms with Gasteiger partial charge in [-0.1, -0.05) is 13.3 Å². The van der Waals surface area contributed by atoms with Crippen molar-refractivity contribution in [1.82, 2.24) is 5.32 Å². The van der Waals surface area contributed by atoms with E-state index in [2.05, 4.69) is 5.32 Å². The Kier molecular flexibility index (Phi) is 7.57. The van der Waals surface area contributed by atoms with Crippen molar-refractivity contribution in [2.45, 2.75) is 37.7 Å². The Hall–Kier alpha value is -0.430. The van der Waals surface area contributed by atoms with Crippen molar-refractivity contribution in [3.63, 3.8) is 0 Å². The van der Waals surface area contributed by atoms with Crippen LogP contribution in [-0.2, 0) is 4.79 Å². The molecule has 0 aromatic heterocycles. The van der Waals surface area contributed by atoms with E-state index in [0.29, 0.717) is 0 Å². The smallest absolute Gasteiger partial charge is 0.355 e. The van der Waals surface area contributed by atoms with Crippen molar-refractivity contribution < 1.29 is 18.0 Å². The van der Waals surface area contributed by atoms with Crippen LogP contribution in [0.15, 0.2) is 0 Å². The van der Waals surface area contributed by atoms with Crippen molar-refractivity contribution >= 4 is 17.7 Å². The molecule has 7 heteroatoms. The summed E-state index contributed by atoms with van der Waals surface area (Å²) in [6, 6.07) is -0.208. The van der Waals surface area contributed by atoms with Gasteiger partial charge in [-0.3, -0.25) is 4.79 Å². The number of halogens is 3. The number of hydrogen-bond acceptors (Lipinski definition) is 3. The molecular weight excluding hydrogens is 241 g/mol. The lowest BCUT2D eigenvalue weighted by atomic mass is 10.1. The summed E-state index contributed by atoms with van der Waals surface area (Å²) in [7, 11) is 0. The minimum absolute atomic E-state index is 0.0157. The Morgan fingerprint density at radius 2 is 2.12 bits per heavy atom. The van der Waals surface area contributed by atoms with E-state index in [0.717, 1.165) is 12.8 Å². The van der Waals surface area contributed by atoms with Gasteiger partial charge in [-0.05, 0) is 18.2 Å². The van der Waals surface area contributed by atoms with Gasteiger partial charge in [0.1, 0.15) is 0 Å². The summed E-state index contributed by atoms with van der Waals surface area (Å²) in [5.74, 6) is -0.457. The lowest BCUT2D eigenvalue weighted by Crippen LogP contribution is -2.33. The number of amides is 1. The van der Waals surface area contributed by atoms with Crippen molar-refractivity contribution in [2.24, 2.45) is 5.73 Å². The summed E-state index contributed by atoms with van der Waals surface area (Å²) < 4.78 is 35.2. The molecule has 0 fully saturated rings. The second kappa shape index (κ2) is 7.78. The Morgan fingerprint density at radius 1 is 1.50 bits per heavy atom. The molecule has 0 aromatic rings. The molecule has 0 aliphatic rings. The summed E-state index contributed by atoms with van der Waals surface area (Å²) in [6.45, 7) is 1.97. The number of nitrogens with one attached hydrogen (secondary N) is 1. The zero-order valence-corrected chi connectivity index (χ0v) is 9.96. The van der Waals surface area contributed by atoms with E-state index in [1.54, 1.807) is 0 Å². The summed E-state index contributed by atoms with van der Waals surface area (Å²) in [5, 5.41) is 2.40. The molecule has 0 aliphatic heterocycles. The maximum atomic E-state index is 11.7. The van der Waals surface area contributed by atoms with E-state index in [4.69, 9.17) is 5.73 Å². The molecule has 0 saturated carbocycles. The van der Waals surface area contributed by atoms with Gasteiger partial charge in [0.15, 0.2) is 0 Å². The average Bonchev–Trinajstić information content (AvgIpc) is 2.11. The summed E-state index contributed by atoms with van der Waals surface area (Å²) in [6.07, 6.45) is 1.80. The Bertz CT molecular complexity index is 211. The number of nitrogens with two attached hydrogens (primary N) is 1. The molecule has 0 radical (unpaired) electrons. The lowest BCUT2D eigenvalue weighted by Gasteiger charge is -2.10. The van der Waals surface area contributed by atoms with Crippen LogP contribution in [0.2, 0.25) is 0 Å². The zero-order chi connectivity index (χ0) is 12.6. The first-order valence-corrected chi connectivity index (χ1v) is 6.06. The minimum Gasteiger partial charge on any atom is -0.355 e. The highest BCUT2D eigenvalue weighted by molar-refractivity contribution is 8.00. The maximum Gasteiger partial charge on any atom is 0.441 e. The lowest BCUT2D eigenvalue weighted by molar-refractivity contribution is -0.121. The number of alkyl halides is 3. The largest absolute Gasteiger partial charge is 0.441 e. The standard InChI is InChI=1S/C9H17F3N2OS/c1-2-3-7(13)6-8(15)14-4-5-16-9(10,11)12/h7H,2-6,13H2,1H3,(H,14,15). The average molecular weight is 258 g/mol. The maximum absolute atomic E-state index is 11.7. The number of thioether (sulfide) groups is 1. The van der Waals surface area contributed by atoms with Crippen molar-refractivity contribution in [1.29, 1.82) is 0 Å². The Labute approximate surface area is 97.3 Å². The van der Waals surface area contributed by atoms with Gasteiger partial charge in [-0.15, -0.1) is 0 Å². The van der Waals surface area contributed by atoms with E-state index in [9.17, 15) is 18.0 Å². The highest BCUT2D eigenvalue weighted by Crippen LogP contribution is 2.29. The predicted octanol–water partition coefficient (Wildman–Crippen LogP) is 1.87. The van der Waals surface area contributed by atoms with Gasteiger partial charge in [-0.2, -0.15) is 13.2 Å². The zero-order valence-electron chi connectivity index (χ0n) is 9.14. The minimum atomic E-state index is -4.23. The normalized spacial score (nSPS) is 13.6. The third-order valence-corrected chi connectivity index (χ3v) is 2.53. The molecule has 0 heterocycles. The Balaban J connectivity index is 3.51. The molecular formula is C9H17F3N2OS. The second-order valence-corrected chi connectivity index (χ2v) is 4.56. The van der Waals surface area contributed by atoms with Gasteiger partial charge in [-0.25, -0.2) is 0 Å². The van der Waals surface area contributed by atoms with E-state index in [1.165, 1.54) is 0 Å². The first-order valence-electron chi connectivity index (χ1n) is 5.08. The van der Waals surface area contributed by atoms with Crippen LogP contribution in [-0.4, -0.2) is 29.8 Å². The molecule has 3 N–H and O–H groups in total. The van der Waals surface area contributed by atoms with Gasteiger partial charge in [0.2, 0.25) is 5.91 Å². The fourth-order valence-electron chi connectivity index (χ4n) is 1.14. The fourth-order valence-corrected chi connectivity index (χ4v) is 1.58. The van der Waals surface area contributed by atoms with Crippen LogP contribution in [0.3, 0.4) is 0 Å². The van der Waals surface area contributed by atoms with Gasteiger partial charge < -0.3 is 11.1 Å². The summed E-state index contributed by atoms with van der Waals surface area (Å²) in [4.78, 5) is 11.2. The molecule has 0 saturated heterocycles. The number of carbonyl (C=O) groups excluding carboxylic acids is 1. The molecule has 1 unspecified atom stereocenters. The molecule has 0 spiro atoms. The topological polar surface area (TPSA) is 55.1 Å². The van der Waals surface area contributed by atoms with E-state index in [-0.39, 0.29) is 42.4 Å². The molecule has 3 nitrogen and oxygen atoms in total. The SMILES string of the molecule is CCCC(N)CC(=O)NCCSC(F)(F)F. The van der Waals surface area contributed by atoms with Crippen LogP contribution in [0.1, 0.15) is 26.2 Å². The highest BCUT2D eigenvalue weighted by Gasteiger charge is 2.27.